The van der Waals surface area contributed by atoms with E-state index in [1.165, 1.54) is 0 Å². The number of anilines is 1. The predicted molar refractivity (Wildman–Crippen MR) is 88.8 cm³/mol. The van der Waals surface area contributed by atoms with Gasteiger partial charge < -0.3 is 10.2 Å². The van der Waals surface area contributed by atoms with Crippen molar-refractivity contribution in [2.45, 2.75) is 5.54 Å². The number of hydrogen-bond donors (Lipinski definition) is 1. The van der Waals surface area contributed by atoms with Crippen LogP contribution < -0.4 is 5.32 Å². The van der Waals surface area contributed by atoms with Crippen molar-refractivity contribution in [2.24, 2.45) is 0 Å². The van der Waals surface area contributed by atoms with Gasteiger partial charge in [0.15, 0.2) is 5.54 Å². The van der Waals surface area contributed by atoms with Gasteiger partial charge in [-0.15, -0.1) is 6.42 Å². The number of amides is 1. The van der Waals surface area contributed by atoms with Gasteiger partial charge in [0.05, 0.1) is 6.54 Å². The molecule has 0 saturated heterocycles. The fourth-order valence-electron chi connectivity index (χ4n) is 2.91. The number of likely N-dealkylation sites (N-methyl/N-ethyl adjacent to an activating group) is 1. The summed E-state index contributed by atoms with van der Waals surface area (Å²) in [7, 11) is 1.73. The van der Waals surface area contributed by atoms with E-state index < -0.39 is 5.54 Å². The summed E-state index contributed by atoms with van der Waals surface area (Å²) in [5.74, 6) is 2.77. The minimum atomic E-state index is -0.984. The van der Waals surface area contributed by atoms with Crippen LogP contribution >= 0.6 is 11.6 Å². The van der Waals surface area contributed by atoms with Gasteiger partial charge in [-0.25, -0.2) is 0 Å². The van der Waals surface area contributed by atoms with E-state index in [1.807, 2.05) is 42.5 Å². The summed E-state index contributed by atoms with van der Waals surface area (Å²) in [6.07, 6.45) is 5.94. The van der Waals surface area contributed by atoms with Crippen molar-refractivity contribution in [2.75, 3.05) is 18.9 Å². The average molecular weight is 311 g/mol. The number of carbonyl (C=O) groups is 1. The fraction of sp³-hybridized carbons (Fsp3) is 0.167. The van der Waals surface area contributed by atoms with Gasteiger partial charge in [-0.05, 0) is 23.8 Å². The highest BCUT2D eigenvalue weighted by atomic mass is 35.5. The van der Waals surface area contributed by atoms with Crippen LogP contribution in [-0.4, -0.2) is 24.4 Å². The SMILES string of the molecule is C#CC1(c2ccccc2)c2cc(Cl)ccc2NCC(=O)N1C. The molecule has 110 valence electrons. The quantitative estimate of drug-likeness (QED) is 0.821. The molecule has 2 aromatic rings. The van der Waals surface area contributed by atoms with Gasteiger partial charge in [0.25, 0.3) is 0 Å². The van der Waals surface area contributed by atoms with E-state index in [4.69, 9.17) is 18.0 Å². The Kier molecular flexibility index (Phi) is 3.56. The molecule has 0 saturated carbocycles. The van der Waals surface area contributed by atoms with E-state index in [2.05, 4.69) is 11.2 Å². The minimum Gasteiger partial charge on any atom is -0.376 e. The first-order valence-electron chi connectivity index (χ1n) is 6.93. The summed E-state index contributed by atoms with van der Waals surface area (Å²) in [6.45, 7) is 0.196. The molecule has 0 fully saturated rings. The molecule has 3 nitrogen and oxygen atoms in total. The van der Waals surface area contributed by atoms with Crippen LogP contribution in [0.5, 0.6) is 0 Å². The van der Waals surface area contributed by atoms with E-state index in [0.717, 1.165) is 16.8 Å². The van der Waals surface area contributed by atoms with Crippen LogP contribution in [0, 0.1) is 12.3 Å². The number of carbonyl (C=O) groups excluding carboxylic acids is 1. The number of fused-ring (bicyclic) bond motifs is 1. The molecule has 22 heavy (non-hydrogen) atoms. The lowest BCUT2D eigenvalue weighted by Gasteiger charge is -2.37. The van der Waals surface area contributed by atoms with Crippen molar-refractivity contribution in [1.82, 2.24) is 4.90 Å². The third-order valence-corrected chi connectivity index (χ3v) is 4.31. The Labute approximate surface area is 134 Å². The van der Waals surface area contributed by atoms with Gasteiger partial charge in [0, 0.05) is 23.3 Å². The van der Waals surface area contributed by atoms with E-state index in [-0.39, 0.29) is 12.5 Å². The molecule has 0 radical (unpaired) electrons. The third kappa shape index (κ3) is 2.04. The van der Waals surface area contributed by atoms with Gasteiger partial charge in [-0.2, -0.15) is 0 Å². The van der Waals surface area contributed by atoms with Crippen molar-refractivity contribution in [3.8, 4) is 12.3 Å². The Morgan fingerprint density at radius 3 is 2.68 bits per heavy atom. The molecule has 0 aliphatic carbocycles. The summed E-state index contributed by atoms with van der Waals surface area (Å²) in [6, 6.07) is 15.1. The van der Waals surface area contributed by atoms with Crippen molar-refractivity contribution < 1.29 is 4.79 Å². The number of halogens is 1. The Bertz CT molecular complexity index is 766. The molecule has 1 aliphatic heterocycles. The lowest BCUT2D eigenvalue weighted by atomic mass is 9.81. The second kappa shape index (κ2) is 5.40. The number of hydrogen-bond acceptors (Lipinski definition) is 2. The first kappa shape index (κ1) is 14.5. The average Bonchev–Trinajstić information content (AvgIpc) is 2.65. The van der Waals surface area contributed by atoms with E-state index in [0.29, 0.717) is 5.02 Å². The smallest absolute Gasteiger partial charge is 0.243 e. The van der Waals surface area contributed by atoms with Crippen LogP contribution in [0.2, 0.25) is 5.02 Å². The molecule has 1 N–H and O–H groups in total. The minimum absolute atomic E-state index is 0.0749. The van der Waals surface area contributed by atoms with Crippen LogP contribution in [-0.2, 0) is 10.3 Å². The zero-order chi connectivity index (χ0) is 15.7. The third-order valence-electron chi connectivity index (χ3n) is 4.08. The van der Waals surface area contributed by atoms with Crippen molar-refractivity contribution in [3.63, 3.8) is 0 Å². The maximum absolute atomic E-state index is 12.5. The highest BCUT2D eigenvalue weighted by molar-refractivity contribution is 6.30. The lowest BCUT2D eigenvalue weighted by Crippen LogP contribution is -2.47. The molecule has 1 amide bonds. The molecule has 3 rings (SSSR count). The largest absolute Gasteiger partial charge is 0.376 e. The van der Waals surface area contributed by atoms with E-state index in [1.54, 1.807) is 18.0 Å². The number of nitrogens with one attached hydrogen (secondary N) is 1. The van der Waals surface area contributed by atoms with E-state index >= 15 is 0 Å². The molecule has 2 aromatic carbocycles. The number of rotatable bonds is 1. The summed E-state index contributed by atoms with van der Waals surface area (Å²) in [4.78, 5) is 14.1. The van der Waals surface area contributed by atoms with Gasteiger partial charge in [-0.1, -0.05) is 47.9 Å². The normalized spacial score (nSPS) is 20.6. The molecule has 0 spiro atoms. The van der Waals surface area contributed by atoms with Crippen molar-refractivity contribution in [3.05, 3.63) is 64.7 Å². The maximum Gasteiger partial charge on any atom is 0.243 e. The predicted octanol–water partition coefficient (Wildman–Crippen LogP) is 3.10. The van der Waals surface area contributed by atoms with Gasteiger partial charge in [-0.3, -0.25) is 4.79 Å². The Morgan fingerprint density at radius 1 is 1.27 bits per heavy atom. The maximum atomic E-state index is 12.5. The summed E-state index contributed by atoms with van der Waals surface area (Å²) in [5, 5.41) is 3.73. The van der Waals surface area contributed by atoms with Crippen molar-refractivity contribution >= 4 is 23.2 Å². The topological polar surface area (TPSA) is 32.3 Å². The summed E-state index contributed by atoms with van der Waals surface area (Å²) >= 11 is 6.19. The Morgan fingerprint density at radius 2 is 2.00 bits per heavy atom. The van der Waals surface area contributed by atoms with Crippen LogP contribution in [0.1, 0.15) is 11.1 Å². The first-order chi connectivity index (χ1) is 10.6. The van der Waals surface area contributed by atoms with Crippen molar-refractivity contribution in [1.29, 1.82) is 0 Å². The zero-order valence-electron chi connectivity index (χ0n) is 12.1. The number of terminal acetylenes is 1. The summed E-state index contributed by atoms with van der Waals surface area (Å²) in [5.41, 5.74) is 1.51. The van der Waals surface area contributed by atoms with E-state index in [9.17, 15) is 4.79 Å². The standard InChI is InChI=1S/C18H15ClN2O/c1-3-18(13-7-5-4-6-8-13)15-11-14(19)9-10-16(15)20-12-17(22)21(18)2/h1,4-11,20H,12H2,2H3. The second-order valence-electron chi connectivity index (χ2n) is 5.22. The number of benzene rings is 2. The number of nitrogens with zero attached hydrogens (tertiary/aromatic N) is 1. The highest BCUT2D eigenvalue weighted by Crippen LogP contribution is 2.41. The zero-order valence-corrected chi connectivity index (χ0v) is 12.9. The van der Waals surface area contributed by atoms with Crippen LogP contribution in [0.25, 0.3) is 0 Å². The van der Waals surface area contributed by atoms with Crippen LogP contribution in [0.3, 0.4) is 0 Å². The molecule has 0 bridgehead atoms. The molecule has 1 aliphatic rings. The molecular weight excluding hydrogens is 296 g/mol. The first-order valence-corrected chi connectivity index (χ1v) is 7.31. The van der Waals surface area contributed by atoms with Crippen LogP contribution in [0.15, 0.2) is 48.5 Å². The second-order valence-corrected chi connectivity index (χ2v) is 5.65. The lowest BCUT2D eigenvalue weighted by molar-refractivity contribution is -0.130. The van der Waals surface area contributed by atoms with Gasteiger partial charge in [0.2, 0.25) is 5.91 Å². The molecule has 0 aromatic heterocycles. The highest BCUT2D eigenvalue weighted by Gasteiger charge is 2.42. The fourth-order valence-corrected chi connectivity index (χ4v) is 3.09. The van der Waals surface area contributed by atoms with Crippen LogP contribution in [0.4, 0.5) is 5.69 Å². The Balaban J connectivity index is 2.37. The van der Waals surface area contributed by atoms with Gasteiger partial charge in [0.1, 0.15) is 0 Å². The van der Waals surface area contributed by atoms with Gasteiger partial charge >= 0.3 is 0 Å². The molecule has 1 unspecified atom stereocenters. The summed E-state index contributed by atoms with van der Waals surface area (Å²) < 4.78 is 0. The molecular formula is C18H15ClN2O. The molecule has 1 heterocycles. The monoisotopic (exact) mass is 310 g/mol. The molecule has 4 heteroatoms. The molecule has 1 atom stereocenters. The Hall–Kier alpha value is -2.44.